The molecule has 1 amide bonds. The van der Waals surface area contributed by atoms with Gasteiger partial charge in [0.2, 0.25) is 0 Å². The number of hydrogen-bond acceptors (Lipinski definition) is 4. The molecule has 6 nitrogen and oxygen atoms in total. The van der Waals surface area contributed by atoms with Crippen LogP contribution in [-0.4, -0.2) is 22.6 Å². The smallest absolute Gasteiger partial charge is 0.355 e. The molecule has 0 unspecified atom stereocenters. The zero-order valence-corrected chi connectivity index (χ0v) is 14.7. The highest BCUT2D eigenvalue weighted by Gasteiger charge is 2.12. The standard InChI is InChI=1S/C21H18N2O4/c1-14(24)17-11-19(22-12-17)21(26)27-13-15-7-9-16(10-8-15)20(25)23-18-5-3-2-4-6-18/h2-12,22H,13H2,1H3,(H,23,25). The molecule has 0 aliphatic carbocycles. The molecule has 0 saturated heterocycles. The first kappa shape index (κ1) is 18.1. The van der Waals surface area contributed by atoms with Gasteiger partial charge in [0, 0.05) is 23.0 Å². The van der Waals surface area contributed by atoms with E-state index in [1.165, 1.54) is 19.2 Å². The molecule has 3 rings (SSSR count). The molecule has 0 aliphatic rings. The molecular formula is C21H18N2O4. The Morgan fingerprint density at radius 2 is 1.67 bits per heavy atom. The average molecular weight is 362 g/mol. The lowest BCUT2D eigenvalue weighted by molar-refractivity contribution is 0.0466. The molecule has 1 heterocycles. The minimum atomic E-state index is -0.548. The van der Waals surface area contributed by atoms with Gasteiger partial charge in [-0.15, -0.1) is 0 Å². The van der Waals surface area contributed by atoms with Crippen LogP contribution in [0.4, 0.5) is 5.69 Å². The number of Topliss-reactive ketones (excluding diaryl/α,β-unsaturated/α-hetero) is 1. The van der Waals surface area contributed by atoms with Crippen LogP contribution in [0.5, 0.6) is 0 Å². The highest BCUT2D eigenvalue weighted by molar-refractivity contribution is 6.04. The van der Waals surface area contributed by atoms with Gasteiger partial charge in [-0.3, -0.25) is 9.59 Å². The van der Waals surface area contributed by atoms with E-state index in [0.29, 0.717) is 11.1 Å². The summed E-state index contributed by atoms with van der Waals surface area (Å²) in [5.74, 6) is -0.893. The number of aromatic nitrogens is 1. The molecule has 0 fully saturated rings. The minimum Gasteiger partial charge on any atom is -0.456 e. The number of rotatable bonds is 6. The Labute approximate surface area is 156 Å². The largest absolute Gasteiger partial charge is 0.456 e. The van der Waals surface area contributed by atoms with Crippen molar-refractivity contribution in [2.24, 2.45) is 0 Å². The van der Waals surface area contributed by atoms with Gasteiger partial charge >= 0.3 is 5.97 Å². The van der Waals surface area contributed by atoms with Crippen LogP contribution in [0.3, 0.4) is 0 Å². The summed E-state index contributed by atoms with van der Waals surface area (Å²) in [6, 6.07) is 17.4. The van der Waals surface area contributed by atoms with Crippen molar-refractivity contribution < 1.29 is 19.1 Å². The lowest BCUT2D eigenvalue weighted by Gasteiger charge is -2.07. The number of para-hydroxylation sites is 1. The maximum atomic E-state index is 12.2. The third-order valence-electron chi connectivity index (χ3n) is 3.93. The fourth-order valence-corrected chi connectivity index (χ4v) is 2.42. The van der Waals surface area contributed by atoms with E-state index < -0.39 is 5.97 Å². The maximum absolute atomic E-state index is 12.2. The van der Waals surface area contributed by atoms with Crippen molar-refractivity contribution in [1.82, 2.24) is 4.98 Å². The highest BCUT2D eigenvalue weighted by atomic mass is 16.5. The molecule has 0 spiro atoms. The first-order valence-corrected chi connectivity index (χ1v) is 8.35. The molecular weight excluding hydrogens is 344 g/mol. The summed E-state index contributed by atoms with van der Waals surface area (Å²) in [5, 5.41) is 2.80. The van der Waals surface area contributed by atoms with Gasteiger partial charge in [-0.25, -0.2) is 4.79 Å². The van der Waals surface area contributed by atoms with Crippen molar-refractivity contribution in [2.45, 2.75) is 13.5 Å². The van der Waals surface area contributed by atoms with Crippen LogP contribution in [0, 0.1) is 0 Å². The Bertz CT molecular complexity index is 959. The number of ether oxygens (including phenoxy) is 1. The molecule has 27 heavy (non-hydrogen) atoms. The molecule has 0 atom stereocenters. The second kappa shape index (κ2) is 8.14. The van der Waals surface area contributed by atoms with Crippen molar-refractivity contribution in [1.29, 1.82) is 0 Å². The van der Waals surface area contributed by atoms with E-state index in [2.05, 4.69) is 10.3 Å². The number of esters is 1. The van der Waals surface area contributed by atoms with Crippen molar-refractivity contribution in [3.8, 4) is 0 Å². The Morgan fingerprint density at radius 3 is 2.30 bits per heavy atom. The van der Waals surface area contributed by atoms with Crippen LogP contribution < -0.4 is 5.32 Å². The highest BCUT2D eigenvalue weighted by Crippen LogP contribution is 2.12. The Morgan fingerprint density at radius 1 is 0.963 bits per heavy atom. The molecule has 6 heteroatoms. The maximum Gasteiger partial charge on any atom is 0.355 e. The second-order valence-corrected chi connectivity index (χ2v) is 5.95. The van der Waals surface area contributed by atoms with Crippen LogP contribution >= 0.6 is 0 Å². The summed E-state index contributed by atoms with van der Waals surface area (Å²) >= 11 is 0. The normalized spacial score (nSPS) is 10.3. The van der Waals surface area contributed by atoms with E-state index in [1.54, 1.807) is 24.3 Å². The Balaban J connectivity index is 1.56. The number of carbonyl (C=O) groups is 3. The van der Waals surface area contributed by atoms with Crippen molar-refractivity contribution in [2.75, 3.05) is 5.32 Å². The van der Waals surface area contributed by atoms with E-state index in [4.69, 9.17) is 4.74 Å². The Kier molecular flexibility index (Phi) is 5.47. The van der Waals surface area contributed by atoms with E-state index in [9.17, 15) is 14.4 Å². The monoisotopic (exact) mass is 362 g/mol. The van der Waals surface area contributed by atoms with Crippen molar-refractivity contribution in [3.05, 3.63) is 89.2 Å². The fraction of sp³-hybridized carbons (Fsp3) is 0.0952. The lowest BCUT2D eigenvalue weighted by atomic mass is 10.1. The van der Waals surface area contributed by atoms with Crippen LogP contribution in [0.2, 0.25) is 0 Å². The number of carbonyl (C=O) groups excluding carboxylic acids is 3. The topological polar surface area (TPSA) is 88.3 Å². The van der Waals surface area contributed by atoms with Crippen LogP contribution in [0.25, 0.3) is 0 Å². The number of anilines is 1. The SMILES string of the molecule is CC(=O)c1c[nH]c(C(=O)OCc2ccc(C(=O)Nc3ccccc3)cc2)c1. The number of benzene rings is 2. The molecule has 0 radical (unpaired) electrons. The van der Waals surface area contributed by atoms with Crippen LogP contribution in [0.1, 0.15) is 43.7 Å². The third kappa shape index (κ3) is 4.70. The number of amides is 1. The first-order chi connectivity index (χ1) is 13.0. The molecule has 2 N–H and O–H groups in total. The van der Waals surface area contributed by atoms with Gasteiger partial charge < -0.3 is 15.0 Å². The first-order valence-electron chi connectivity index (χ1n) is 8.35. The quantitative estimate of drug-likeness (QED) is 0.515. The predicted octanol–water partition coefficient (Wildman–Crippen LogP) is 3.83. The molecule has 1 aromatic heterocycles. The van der Waals surface area contributed by atoms with Crippen molar-refractivity contribution in [3.63, 3.8) is 0 Å². The van der Waals surface area contributed by atoms with Gasteiger partial charge in [0.05, 0.1) is 0 Å². The zero-order valence-electron chi connectivity index (χ0n) is 14.7. The molecule has 0 bridgehead atoms. The summed E-state index contributed by atoms with van der Waals surface area (Å²) < 4.78 is 5.22. The van der Waals surface area contributed by atoms with Gasteiger partial charge in [0.15, 0.2) is 5.78 Å². The summed E-state index contributed by atoms with van der Waals surface area (Å²) in [4.78, 5) is 38.2. The Hall–Kier alpha value is -3.67. The summed E-state index contributed by atoms with van der Waals surface area (Å²) in [6.45, 7) is 1.49. The van der Waals surface area contributed by atoms with Gasteiger partial charge in [-0.1, -0.05) is 30.3 Å². The van der Waals surface area contributed by atoms with Gasteiger partial charge in [-0.2, -0.15) is 0 Å². The lowest BCUT2D eigenvalue weighted by Crippen LogP contribution is -2.12. The molecule has 0 saturated carbocycles. The van der Waals surface area contributed by atoms with Crippen LogP contribution in [-0.2, 0) is 11.3 Å². The molecule has 3 aromatic rings. The van der Waals surface area contributed by atoms with Crippen LogP contribution in [0.15, 0.2) is 66.9 Å². The summed E-state index contributed by atoms with van der Waals surface area (Å²) in [5.41, 5.74) is 2.62. The number of hydrogen-bond donors (Lipinski definition) is 2. The predicted molar refractivity (Wildman–Crippen MR) is 101 cm³/mol. The number of nitrogens with one attached hydrogen (secondary N) is 2. The second-order valence-electron chi connectivity index (χ2n) is 5.95. The van der Waals surface area contributed by atoms with E-state index in [-0.39, 0.29) is 24.0 Å². The molecule has 136 valence electrons. The molecule has 0 aliphatic heterocycles. The van der Waals surface area contributed by atoms with Gasteiger partial charge in [-0.05, 0) is 42.8 Å². The van der Waals surface area contributed by atoms with Gasteiger partial charge in [0.1, 0.15) is 12.3 Å². The minimum absolute atomic E-state index is 0.0633. The number of aromatic amines is 1. The summed E-state index contributed by atoms with van der Waals surface area (Å²) in [7, 11) is 0. The molecule has 2 aromatic carbocycles. The van der Waals surface area contributed by atoms with E-state index >= 15 is 0 Å². The zero-order chi connectivity index (χ0) is 19.2. The van der Waals surface area contributed by atoms with E-state index in [1.807, 2.05) is 30.3 Å². The number of ketones is 1. The average Bonchev–Trinajstić information content (AvgIpc) is 3.18. The summed E-state index contributed by atoms with van der Waals surface area (Å²) in [6.07, 6.45) is 1.47. The van der Waals surface area contributed by atoms with Gasteiger partial charge in [0.25, 0.3) is 5.91 Å². The number of H-pyrrole nitrogens is 1. The van der Waals surface area contributed by atoms with E-state index in [0.717, 1.165) is 11.3 Å². The van der Waals surface area contributed by atoms with Crippen molar-refractivity contribution >= 4 is 23.3 Å². The fourth-order valence-electron chi connectivity index (χ4n) is 2.42. The third-order valence-corrected chi connectivity index (χ3v) is 3.93.